The van der Waals surface area contributed by atoms with Crippen molar-refractivity contribution in [1.29, 1.82) is 0 Å². The fourth-order valence-electron chi connectivity index (χ4n) is 1.31. The highest BCUT2D eigenvalue weighted by Gasteiger charge is 2.09. The van der Waals surface area contributed by atoms with E-state index in [0.29, 0.717) is 23.3 Å². The van der Waals surface area contributed by atoms with Crippen LogP contribution in [0.15, 0.2) is 28.8 Å². The molecular formula is C12H16N4O2. The summed E-state index contributed by atoms with van der Waals surface area (Å²) < 4.78 is 10.6. The molecule has 0 aliphatic rings. The number of rotatable bonds is 5. The van der Waals surface area contributed by atoms with E-state index in [1.54, 1.807) is 24.3 Å². The molecule has 1 aromatic carbocycles. The normalized spacial score (nSPS) is 10.3. The van der Waals surface area contributed by atoms with Gasteiger partial charge in [-0.1, -0.05) is 0 Å². The van der Waals surface area contributed by atoms with Gasteiger partial charge in [0.1, 0.15) is 5.75 Å². The minimum atomic E-state index is 0.245. The van der Waals surface area contributed by atoms with Gasteiger partial charge in [-0.05, 0) is 36.3 Å². The molecule has 6 heteroatoms. The Hall–Kier alpha value is -2.24. The van der Waals surface area contributed by atoms with Crippen molar-refractivity contribution in [3.63, 3.8) is 0 Å². The molecule has 0 atom stereocenters. The Balaban J connectivity index is 1.94. The van der Waals surface area contributed by atoms with Crippen LogP contribution < -0.4 is 15.4 Å². The lowest BCUT2D eigenvalue weighted by atomic mass is 10.3. The van der Waals surface area contributed by atoms with Gasteiger partial charge >= 0.3 is 0 Å². The number of hydrogen-bond donors (Lipinski definition) is 1. The summed E-state index contributed by atoms with van der Waals surface area (Å²) in [5.74, 6) is 1.73. The highest BCUT2D eigenvalue weighted by Crippen LogP contribution is 2.15. The zero-order chi connectivity index (χ0) is 13.0. The number of nitrogen functional groups attached to an aromatic ring is 1. The molecule has 0 saturated carbocycles. The van der Waals surface area contributed by atoms with Crippen molar-refractivity contribution in [3.8, 4) is 5.75 Å². The van der Waals surface area contributed by atoms with Crippen molar-refractivity contribution in [3.05, 3.63) is 30.2 Å². The first-order valence-corrected chi connectivity index (χ1v) is 5.71. The molecule has 0 bridgehead atoms. The van der Waals surface area contributed by atoms with Crippen LogP contribution in [0.1, 0.15) is 12.8 Å². The largest absolute Gasteiger partial charge is 0.484 e. The van der Waals surface area contributed by atoms with Gasteiger partial charge in [0.15, 0.2) is 6.61 Å². The third-order valence-corrected chi connectivity index (χ3v) is 2.52. The Labute approximate surface area is 105 Å². The van der Waals surface area contributed by atoms with E-state index in [4.69, 9.17) is 15.0 Å². The highest BCUT2D eigenvalue weighted by molar-refractivity contribution is 5.41. The molecule has 0 radical (unpaired) electrons. The van der Waals surface area contributed by atoms with Crippen LogP contribution in [-0.2, 0) is 6.61 Å². The number of benzene rings is 1. The highest BCUT2D eigenvalue weighted by atomic mass is 16.5. The first-order chi connectivity index (χ1) is 8.69. The van der Waals surface area contributed by atoms with Gasteiger partial charge in [-0.15, -0.1) is 0 Å². The van der Waals surface area contributed by atoms with Crippen LogP contribution in [0.5, 0.6) is 5.75 Å². The van der Waals surface area contributed by atoms with E-state index >= 15 is 0 Å². The minimum Gasteiger partial charge on any atom is -0.484 e. The predicted molar refractivity (Wildman–Crippen MR) is 68.4 cm³/mol. The Morgan fingerprint density at radius 2 is 2.06 bits per heavy atom. The summed E-state index contributed by atoms with van der Waals surface area (Å²) in [5.41, 5.74) is 6.28. The molecule has 1 heterocycles. The second-order valence-electron chi connectivity index (χ2n) is 3.86. The summed E-state index contributed by atoms with van der Waals surface area (Å²) in [6.45, 7) is 3.08. The van der Waals surface area contributed by atoms with E-state index in [0.717, 1.165) is 6.54 Å². The molecule has 2 N–H and O–H groups in total. The van der Waals surface area contributed by atoms with Crippen LogP contribution in [0.25, 0.3) is 0 Å². The molecular weight excluding hydrogens is 232 g/mol. The zero-order valence-corrected chi connectivity index (χ0v) is 10.5. The van der Waals surface area contributed by atoms with Crippen LogP contribution in [0.4, 0.5) is 11.6 Å². The van der Waals surface area contributed by atoms with Crippen LogP contribution in [0.2, 0.25) is 0 Å². The maximum absolute atomic E-state index is 5.58. The van der Waals surface area contributed by atoms with E-state index in [1.807, 2.05) is 18.9 Å². The summed E-state index contributed by atoms with van der Waals surface area (Å²) in [6, 6.07) is 7.15. The lowest BCUT2D eigenvalue weighted by molar-refractivity contribution is 0.243. The van der Waals surface area contributed by atoms with E-state index in [1.165, 1.54) is 0 Å². The number of anilines is 2. The van der Waals surface area contributed by atoms with Crippen LogP contribution in [-0.4, -0.2) is 23.7 Å². The van der Waals surface area contributed by atoms with Crippen molar-refractivity contribution in [2.24, 2.45) is 0 Å². The third kappa shape index (κ3) is 2.91. The molecule has 0 amide bonds. The van der Waals surface area contributed by atoms with Gasteiger partial charge in [-0.2, -0.15) is 4.98 Å². The fourth-order valence-corrected chi connectivity index (χ4v) is 1.31. The quantitative estimate of drug-likeness (QED) is 0.811. The first kappa shape index (κ1) is 12.2. The number of hydrogen-bond acceptors (Lipinski definition) is 6. The van der Waals surface area contributed by atoms with Gasteiger partial charge in [-0.25, -0.2) is 0 Å². The maximum atomic E-state index is 5.58. The zero-order valence-electron chi connectivity index (χ0n) is 10.5. The monoisotopic (exact) mass is 248 g/mol. The Bertz CT molecular complexity index is 495. The molecule has 96 valence electrons. The average molecular weight is 248 g/mol. The van der Waals surface area contributed by atoms with Crippen molar-refractivity contribution in [2.45, 2.75) is 13.5 Å². The molecule has 0 saturated heterocycles. The molecule has 2 aromatic rings. The van der Waals surface area contributed by atoms with Crippen LogP contribution in [0.3, 0.4) is 0 Å². The molecule has 0 aliphatic heterocycles. The number of aromatic nitrogens is 2. The van der Waals surface area contributed by atoms with Crippen molar-refractivity contribution < 1.29 is 9.26 Å². The Morgan fingerprint density at radius 3 is 2.72 bits per heavy atom. The van der Waals surface area contributed by atoms with Gasteiger partial charge in [0.2, 0.25) is 0 Å². The smallest absolute Gasteiger partial charge is 0.266 e. The molecule has 0 unspecified atom stereocenters. The summed E-state index contributed by atoms with van der Waals surface area (Å²) in [5, 5.41) is 3.85. The van der Waals surface area contributed by atoms with Gasteiger partial charge in [0.05, 0.1) is 0 Å². The Morgan fingerprint density at radius 1 is 1.33 bits per heavy atom. The van der Waals surface area contributed by atoms with Crippen molar-refractivity contribution in [2.75, 3.05) is 24.2 Å². The summed E-state index contributed by atoms with van der Waals surface area (Å²) >= 11 is 0. The maximum Gasteiger partial charge on any atom is 0.266 e. The molecule has 0 aliphatic carbocycles. The predicted octanol–water partition coefficient (Wildman–Crippen LogP) is 1.69. The van der Waals surface area contributed by atoms with Crippen LogP contribution in [0, 0.1) is 0 Å². The topological polar surface area (TPSA) is 77.4 Å². The molecule has 6 nitrogen and oxygen atoms in total. The fraction of sp³-hybridized carbons (Fsp3) is 0.333. The van der Waals surface area contributed by atoms with E-state index < -0.39 is 0 Å². The first-order valence-electron chi connectivity index (χ1n) is 5.71. The van der Waals surface area contributed by atoms with Gasteiger partial charge < -0.3 is 19.9 Å². The number of nitrogens with zero attached hydrogens (tertiary/aromatic N) is 3. The molecule has 2 rings (SSSR count). The second-order valence-corrected chi connectivity index (χ2v) is 3.86. The van der Waals surface area contributed by atoms with Crippen molar-refractivity contribution in [1.82, 2.24) is 10.1 Å². The van der Waals surface area contributed by atoms with Crippen LogP contribution >= 0.6 is 0 Å². The minimum absolute atomic E-state index is 0.245. The lowest BCUT2D eigenvalue weighted by Gasteiger charge is -2.08. The third-order valence-electron chi connectivity index (χ3n) is 2.52. The molecule has 1 aromatic heterocycles. The molecule has 0 fully saturated rings. The lowest BCUT2D eigenvalue weighted by Crippen LogP contribution is -2.17. The standard InChI is InChI=1S/C12H16N4O2/c1-3-16(2)12-14-11(18-15-12)8-17-10-6-4-9(13)5-7-10/h4-7H,3,8,13H2,1-2H3. The van der Waals surface area contributed by atoms with Gasteiger partial charge in [0, 0.05) is 19.3 Å². The van der Waals surface area contributed by atoms with E-state index in [9.17, 15) is 0 Å². The van der Waals surface area contributed by atoms with E-state index in [-0.39, 0.29) is 6.61 Å². The average Bonchev–Trinajstić information content (AvgIpc) is 2.86. The molecule has 0 spiro atoms. The summed E-state index contributed by atoms with van der Waals surface area (Å²) in [6.07, 6.45) is 0. The van der Waals surface area contributed by atoms with E-state index in [2.05, 4.69) is 10.1 Å². The number of nitrogens with two attached hydrogens (primary N) is 1. The van der Waals surface area contributed by atoms with Crippen molar-refractivity contribution >= 4 is 11.6 Å². The van der Waals surface area contributed by atoms with Gasteiger partial charge in [0.25, 0.3) is 11.8 Å². The summed E-state index contributed by atoms with van der Waals surface area (Å²) in [4.78, 5) is 6.10. The van der Waals surface area contributed by atoms with Gasteiger partial charge in [-0.3, -0.25) is 0 Å². The number of ether oxygens (including phenoxy) is 1. The Kier molecular flexibility index (Phi) is 3.66. The second kappa shape index (κ2) is 5.39. The molecule has 18 heavy (non-hydrogen) atoms. The SMILES string of the molecule is CCN(C)c1noc(COc2ccc(N)cc2)n1. The summed E-state index contributed by atoms with van der Waals surface area (Å²) in [7, 11) is 1.90.